The van der Waals surface area contributed by atoms with Gasteiger partial charge in [-0.05, 0) is 36.8 Å². The SMILES string of the molecule is CC(=O)Nc1ccc(NC(=O)Cc2nc(-c3ccccc3)sc2-c2ccc(C)cc2)cc1. The second-order valence-electron chi connectivity index (χ2n) is 7.51. The third kappa shape index (κ3) is 5.28. The van der Waals surface area contributed by atoms with Crippen LogP contribution in [0.3, 0.4) is 0 Å². The van der Waals surface area contributed by atoms with Crippen LogP contribution in [-0.2, 0) is 16.0 Å². The predicted octanol–water partition coefficient (Wildman–Crippen LogP) is 5.93. The molecule has 0 unspecified atom stereocenters. The molecule has 1 aromatic heterocycles. The summed E-state index contributed by atoms with van der Waals surface area (Å²) in [5, 5.41) is 6.53. The minimum Gasteiger partial charge on any atom is -0.326 e. The molecule has 32 heavy (non-hydrogen) atoms. The summed E-state index contributed by atoms with van der Waals surface area (Å²) in [5.74, 6) is -0.279. The zero-order valence-electron chi connectivity index (χ0n) is 17.9. The first-order valence-corrected chi connectivity index (χ1v) is 11.1. The van der Waals surface area contributed by atoms with Crippen molar-refractivity contribution in [1.82, 2.24) is 4.98 Å². The van der Waals surface area contributed by atoms with Crippen molar-refractivity contribution in [3.8, 4) is 21.0 Å². The Morgan fingerprint density at radius 1 is 0.812 bits per heavy atom. The number of nitrogens with zero attached hydrogens (tertiary/aromatic N) is 1. The van der Waals surface area contributed by atoms with Crippen LogP contribution in [-0.4, -0.2) is 16.8 Å². The third-order valence-corrected chi connectivity index (χ3v) is 6.04. The van der Waals surface area contributed by atoms with Gasteiger partial charge in [0, 0.05) is 23.9 Å². The Morgan fingerprint density at radius 2 is 1.44 bits per heavy atom. The molecule has 0 saturated carbocycles. The molecule has 3 aromatic carbocycles. The molecule has 0 fully saturated rings. The van der Waals surface area contributed by atoms with E-state index in [1.54, 1.807) is 35.6 Å². The van der Waals surface area contributed by atoms with Crippen LogP contribution in [0.15, 0.2) is 78.9 Å². The molecule has 0 bridgehead atoms. The predicted molar refractivity (Wildman–Crippen MR) is 131 cm³/mol. The van der Waals surface area contributed by atoms with Gasteiger partial charge in [-0.25, -0.2) is 4.98 Å². The molecule has 4 aromatic rings. The van der Waals surface area contributed by atoms with Crippen LogP contribution in [0.25, 0.3) is 21.0 Å². The van der Waals surface area contributed by atoms with Crippen molar-refractivity contribution < 1.29 is 9.59 Å². The zero-order chi connectivity index (χ0) is 22.5. The Hall–Kier alpha value is -3.77. The fourth-order valence-electron chi connectivity index (χ4n) is 3.30. The number of anilines is 2. The van der Waals surface area contributed by atoms with Crippen molar-refractivity contribution in [2.24, 2.45) is 0 Å². The molecule has 0 aliphatic heterocycles. The number of rotatable bonds is 6. The molecule has 0 aliphatic rings. The fourth-order valence-corrected chi connectivity index (χ4v) is 4.40. The average Bonchev–Trinajstić information content (AvgIpc) is 3.19. The van der Waals surface area contributed by atoms with Gasteiger partial charge in [0.15, 0.2) is 0 Å². The van der Waals surface area contributed by atoms with Crippen LogP contribution >= 0.6 is 11.3 Å². The van der Waals surface area contributed by atoms with Gasteiger partial charge in [0.25, 0.3) is 0 Å². The number of carbonyl (C=O) groups excluding carboxylic acids is 2. The van der Waals surface area contributed by atoms with Crippen molar-refractivity contribution >= 4 is 34.5 Å². The lowest BCUT2D eigenvalue weighted by Crippen LogP contribution is -2.15. The van der Waals surface area contributed by atoms with Gasteiger partial charge >= 0.3 is 0 Å². The van der Waals surface area contributed by atoms with Gasteiger partial charge in [0.05, 0.1) is 17.0 Å². The quantitative estimate of drug-likeness (QED) is 0.390. The number of hydrogen-bond acceptors (Lipinski definition) is 4. The number of nitrogens with one attached hydrogen (secondary N) is 2. The van der Waals surface area contributed by atoms with Crippen molar-refractivity contribution in [3.05, 3.63) is 90.1 Å². The van der Waals surface area contributed by atoms with E-state index >= 15 is 0 Å². The highest BCUT2D eigenvalue weighted by Gasteiger charge is 2.17. The van der Waals surface area contributed by atoms with Gasteiger partial charge in [-0.2, -0.15) is 0 Å². The molecule has 0 spiro atoms. The summed E-state index contributed by atoms with van der Waals surface area (Å²) < 4.78 is 0. The van der Waals surface area contributed by atoms with Crippen LogP contribution in [0.1, 0.15) is 18.2 Å². The number of aryl methyl sites for hydroxylation is 1. The number of aromatic nitrogens is 1. The van der Waals surface area contributed by atoms with Crippen molar-refractivity contribution in [2.45, 2.75) is 20.3 Å². The Balaban J connectivity index is 1.57. The molecule has 0 aliphatic carbocycles. The van der Waals surface area contributed by atoms with E-state index in [9.17, 15) is 9.59 Å². The van der Waals surface area contributed by atoms with E-state index < -0.39 is 0 Å². The third-order valence-electron chi connectivity index (χ3n) is 4.85. The summed E-state index contributed by atoms with van der Waals surface area (Å²) in [6, 6.07) is 25.3. The number of hydrogen-bond donors (Lipinski definition) is 2. The van der Waals surface area contributed by atoms with Crippen LogP contribution in [0, 0.1) is 6.92 Å². The smallest absolute Gasteiger partial charge is 0.230 e. The maximum atomic E-state index is 12.8. The first kappa shape index (κ1) is 21.5. The van der Waals surface area contributed by atoms with Crippen LogP contribution in [0.2, 0.25) is 0 Å². The molecule has 1 heterocycles. The van der Waals surface area contributed by atoms with Gasteiger partial charge in [-0.15, -0.1) is 11.3 Å². The lowest BCUT2D eigenvalue weighted by Gasteiger charge is -2.07. The molecule has 2 amide bonds. The molecule has 0 saturated heterocycles. The highest BCUT2D eigenvalue weighted by molar-refractivity contribution is 7.18. The molecule has 160 valence electrons. The van der Waals surface area contributed by atoms with Gasteiger partial charge in [0.1, 0.15) is 5.01 Å². The summed E-state index contributed by atoms with van der Waals surface area (Å²) in [7, 11) is 0. The van der Waals surface area contributed by atoms with Crippen LogP contribution < -0.4 is 10.6 Å². The Labute approximate surface area is 191 Å². The maximum absolute atomic E-state index is 12.8. The number of thiazole rings is 1. The van der Waals surface area contributed by atoms with Crippen LogP contribution in [0.4, 0.5) is 11.4 Å². The molecule has 4 rings (SSSR count). The summed E-state index contributed by atoms with van der Waals surface area (Å²) in [6.45, 7) is 3.51. The fraction of sp³-hybridized carbons (Fsp3) is 0.115. The monoisotopic (exact) mass is 441 g/mol. The molecule has 0 radical (unpaired) electrons. The average molecular weight is 442 g/mol. The minimum absolute atomic E-state index is 0.136. The highest BCUT2D eigenvalue weighted by atomic mass is 32.1. The topological polar surface area (TPSA) is 71.1 Å². The number of carbonyl (C=O) groups is 2. The van der Waals surface area contributed by atoms with Crippen molar-refractivity contribution in [3.63, 3.8) is 0 Å². The largest absolute Gasteiger partial charge is 0.326 e. The van der Waals surface area contributed by atoms with E-state index in [0.29, 0.717) is 11.4 Å². The van der Waals surface area contributed by atoms with Gasteiger partial charge in [-0.1, -0.05) is 60.2 Å². The minimum atomic E-state index is -0.143. The lowest BCUT2D eigenvalue weighted by atomic mass is 10.1. The molecule has 2 N–H and O–H groups in total. The van der Waals surface area contributed by atoms with Crippen molar-refractivity contribution in [1.29, 1.82) is 0 Å². The van der Waals surface area contributed by atoms with Gasteiger partial charge in [0.2, 0.25) is 11.8 Å². The number of amides is 2. The van der Waals surface area contributed by atoms with E-state index in [1.807, 2.05) is 30.3 Å². The normalized spacial score (nSPS) is 10.6. The molecule has 0 atom stereocenters. The summed E-state index contributed by atoms with van der Waals surface area (Å²) >= 11 is 1.60. The van der Waals surface area contributed by atoms with E-state index in [0.717, 1.165) is 26.7 Å². The van der Waals surface area contributed by atoms with Gasteiger partial charge < -0.3 is 10.6 Å². The van der Waals surface area contributed by atoms with Crippen molar-refractivity contribution in [2.75, 3.05) is 10.6 Å². The molecular formula is C26H23N3O2S. The summed E-state index contributed by atoms with van der Waals surface area (Å²) in [4.78, 5) is 29.8. The molecule has 5 nitrogen and oxygen atoms in total. The summed E-state index contributed by atoms with van der Waals surface area (Å²) in [5.41, 5.74) is 5.38. The number of benzene rings is 3. The van der Waals surface area contributed by atoms with E-state index in [-0.39, 0.29) is 18.2 Å². The van der Waals surface area contributed by atoms with Crippen LogP contribution in [0.5, 0.6) is 0 Å². The highest BCUT2D eigenvalue weighted by Crippen LogP contribution is 2.36. The Morgan fingerprint density at radius 3 is 2.06 bits per heavy atom. The maximum Gasteiger partial charge on any atom is 0.230 e. The van der Waals surface area contributed by atoms with E-state index in [4.69, 9.17) is 4.98 Å². The summed E-state index contributed by atoms with van der Waals surface area (Å²) in [6.07, 6.45) is 0.167. The standard InChI is InChI=1S/C26H23N3O2S/c1-17-8-10-19(11-9-17)25-23(29-26(32-25)20-6-4-3-5-7-20)16-24(31)28-22-14-12-21(13-15-22)27-18(2)30/h3-15H,16H2,1-2H3,(H,27,30)(H,28,31). The molecular weight excluding hydrogens is 418 g/mol. The van der Waals surface area contributed by atoms with Gasteiger partial charge in [-0.3, -0.25) is 9.59 Å². The first-order valence-electron chi connectivity index (χ1n) is 10.3. The molecule has 6 heteroatoms. The first-order chi connectivity index (χ1) is 15.5. The second kappa shape index (κ2) is 9.58. The second-order valence-corrected chi connectivity index (χ2v) is 8.51. The Kier molecular flexibility index (Phi) is 6.42. The zero-order valence-corrected chi connectivity index (χ0v) is 18.7. The Bertz CT molecular complexity index is 1230. The van der Waals surface area contributed by atoms with E-state index in [2.05, 4.69) is 41.8 Å². The lowest BCUT2D eigenvalue weighted by molar-refractivity contribution is -0.116. The van der Waals surface area contributed by atoms with E-state index in [1.165, 1.54) is 12.5 Å².